The second-order valence-corrected chi connectivity index (χ2v) is 6.31. The van der Waals surface area contributed by atoms with Crippen molar-refractivity contribution in [3.8, 4) is 11.6 Å². The van der Waals surface area contributed by atoms with Gasteiger partial charge in [0, 0.05) is 25.5 Å². The molecule has 0 unspecified atom stereocenters. The summed E-state index contributed by atoms with van der Waals surface area (Å²) in [5.74, 6) is 2.31. The highest BCUT2D eigenvalue weighted by atomic mass is 16.5. The Balaban J connectivity index is 1.55. The number of aromatic nitrogens is 2. The number of amides is 1. The molecule has 1 aliphatic carbocycles. The molecule has 1 aliphatic heterocycles. The highest BCUT2D eigenvalue weighted by Crippen LogP contribution is 2.38. The van der Waals surface area contributed by atoms with E-state index in [-0.39, 0.29) is 5.91 Å². The molecule has 5 heteroatoms. The lowest BCUT2D eigenvalue weighted by Crippen LogP contribution is -2.29. The Labute approximate surface area is 135 Å². The van der Waals surface area contributed by atoms with Gasteiger partial charge in [-0.1, -0.05) is 6.42 Å². The van der Waals surface area contributed by atoms with E-state index in [0.29, 0.717) is 29.0 Å². The largest absolute Gasteiger partial charge is 0.437 e. The average molecular weight is 309 g/mol. The maximum absolute atomic E-state index is 12.9. The summed E-state index contributed by atoms with van der Waals surface area (Å²) in [6.45, 7) is 1.73. The summed E-state index contributed by atoms with van der Waals surface area (Å²) in [5.41, 5.74) is 0.524. The van der Waals surface area contributed by atoms with Gasteiger partial charge in [0.1, 0.15) is 11.3 Å². The van der Waals surface area contributed by atoms with Crippen LogP contribution in [0.15, 0.2) is 42.9 Å². The molecule has 0 N–H and O–H groups in total. The Morgan fingerprint density at radius 3 is 2.65 bits per heavy atom. The predicted octanol–water partition coefficient (Wildman–Crippen LogP) is 3.14. The van der Waals surface area contributed by atoms with Crippen LogP contribution in [0.4, 0.5) is 0 Å². The number of fused-ring (bicyclic) bond motifs is 1. The van der Waals surface area contributed by atoms with Gasteiger partial charge in [-0.25, -0.2) is 4.98 Å². The molecule has 0 aromatic carbocycles. The maximum atomic E-state index is 12.9. The molecule has 2 fully saturated rings. The Kier molecular flexibility index (Phi) is 3.69. The second kappa shape index (κ2) is 5.99. The van der Waals surface area contributed by atoms with E-state index in [1.807, 2.05) is 4.90 Å². The van der Waals surface area contributed by atoms with Gasteiger partial charge in [0.05, 0.1) is 6.20 Å². The van der Waals surface area contributed by atoms with Crippen molar-refractivity contribution in [1.29, 1.82) is 0 Å². The van der Waals surface area contributed by atoms with Crippen LogP contribution in [0.25, 0.3) is 0 Å². The Bertz CT molecular complexity index is 692. The normalized spacial score (nSPS) is 22.9. The number of pyridine rings is 2. The van der Waals surface area contributed by atoms with Crippen LogP contribution in [0.2, 0.25) is 0 Å². The zero-order chi connectivity index (χ0) is 15.6. The van der Waals surface area contributed by atoms with Gasteiger partial charge in [0.15, 0.2) is 0 Å². The summed E-state index contributed by atoms with van der Waals surface area (Å²) in [4.78, 5) is 23.1. The van der Waals surface area contributed by atoms with Crippen LogP contribution >= 0.6 is 0 Å². The molecule has 0 radical (unpaired) electrons. The molecule has 4 rings (SSSR count). The number of hydrogen-bond donors (Lipinski definition) is 0. The number of nitrogens with zero attached hydrogens (tertiary/aromatic N) is 3. The number of rotatable bonds is 3. The number of carbonyl (C=O) groups is 1. The second-order valence-electron chi connectivity index (χ2n) is 6.31. The Morgan fingerprint density at radius 2 is 1.91 bits per heavy atom. The molecule has 2 aliphatic rings. The Hall–Kier alpha value is -2.43. The van der Waals surface area contributed by atoms with Crippen molar-refractivity contribution in [2.45, 2.75) is 19.3 Å². The standard InChI is InChI=1S/C18H19N3O2/c22-18(21-11-13-4-1-5-14(13)12-21)16-7-3-9-20-17(16)23-15-6-2-8-19-10-15/h2-3,6-10,13-14H,1,4-5,11-12H2/t13-,14+. The van der Waals surface area contributed by atoms with Crippen molar-refractivity contribution in [3.63, 3.8) is 0 Å². The SMILES string of the molecule is O=C(c1cccnc1Oc1cccnc1)N1C[C@H]2CCC[C@H]2C1. The fraction of sp³-hybridized carbons (Fsp3) is 0.389. The monoisotopic (exact) mass is 309 g/mol. The lowest BCUT2D eigenvalue weighted by Gasteiger charge is -2.18. The molecule has 23 heavy (non-hydrogen) atoms. The predicted molar refractivity (Wildman–Crippen MR) is 85.3 cm³/mol. The minimum Gasteiger partial charge on any atom is -0.437 e. The molecule has 0 bridgehead atoms. The summed E-state index contributed by atoms with van der Waals surface area (Å²) in [5, 5.41) is 0. The fourth-order valence-electron chi connectivity index (χ4n) is 3.73. The third-order valence-electron chi connectivity index (χ3n) is 4.86. The summed E-state index contributed by atoms with van der Waals surface area (Å²) in [7, 11) is 0. The van der Waals surface area contributed by atoms with E-state index >= 15 is 0 Å². The Morgan fingerprint density at radius 1 is 1.13 bits per heavy atom. The third kappa shape index (κ3) is 2.79. The first-order valence-corrected chi connectivity index (χ1v) is 8.13. The zero-order valence-electron chi connectivity index (χ0n) is 12.9. The van der Waals surface area contributed by atoms with Crippen LogP contribution in [0.1, 0.15) is 29.6 Å². The van der Waals surface area contributed by atoms with E-state index in [1.54, 1.807) is 42.9 Å². The first-order valence-electron chi connectivity index (χ1n) is 8.13. The van der Waals surface area contributed by atoms with Crippen molar-refractivity contribution >= 4 is 5.91 Å². The van der Waals surface area contributed by atoms with Gasteiger partial charge in [0.2, 0.25) is 5.88 Å². The molecule has 1 amide bonds. The summed E-state index contributed by atoms with van der Waals surface area (Å²) in [6, 6.07) is 7.16. The average Bonchev–Trinajstić information content (AvgIpc) is 3.17. The number of carbonyl (C=O) groups excluding carboxylic acids is 1. The lowest BCUT2D eigenvalue weighted by atomic mass is 10.0. The van der Waals surface area contributed by atoms with E-state index in [1.165, 1.54) is 19.3 Å². The van der Waals surface area contributed by atoms with Crippen LogP contribution in [0.3, 0.4) is 0 Å². The van der Waals surface area contributed by atoms with Crippen molar-refractivity contribution in [3.05, 3.63) is 48.4 Å². The molecule has 0 spiro atoms. The molecule has 2 aromatic rings. The van der Waals surface area contributed by atoms with Crippen molar-refractivity contribution in [1.82, 2.24) is 14.9 Å². The lowest BCUT2D eigenvalue weighted by molar-refractivity contribution is 0.0777. The number of hydrogen-bond acceptors (Lipinski definition) is 4. The molecule has 2 atom stereocenters. The topological polar surface area (TPSA) is 55.3 Å². The molecule has 3 heterocycles. The first-order chi connectivity index (χ1) is 11.3. The highest BCUT2D eigenvalue weighted by Gasteiger charge is 2.38. The summed E-state index contributed by atoms with van der Waals surface area (Å²) >= 11 is 0. The van der Waals surface area contributed by atoms with Gasteiger partial charge in [-0.3, -0.25) is 9.78 Å². The maximum Gasteiger partial charge on any atom is 0.259 e. The van der Waals surface area contributed by atoms with Gasteiger partial charge >= 0.3 is 0 Å². The highest BCUT2D eigenvalue weighted by molar-refractivity contribution is 5.96. The number of likely N-dealkylation sites (tertiary alicyclic amines) is 1. The van der Waals surface area contributed by atoms with Gasteiger partial charge in [-0.15, -0.1) is 0 Å². The minimum atomic E-state index is 0.0198. The van der Waals surface area contributed by atoms with Gasteiger partial charge < -0.3 is 9.64 Å². The zero-order valence-corrected chi connectivity index (χ0v) is 12.9. The van der Waals surface area contributed by atoms with E-state index in [2.05, 4.69) is 9.97 Å². The first kappa shape index (κ1) is 14.2. The van der Waals surface area contributed by atoms with E-state index in [0.717, 1.165) is 13.1 Å². The number of ether oxygens (including phenoxy) is 1. The van der Waals surface area contributed by atoms with Crippen molar-refractivity contribution in [2.24, 2.45) is 11.8 Å². The molecular weight excluding hydrogens is 290 g/mol. The summed E-state index contributed by atoms with van der Waals surface area (Å²) < 4.78 is 5.76. The van der Waals surface area contributed by atoms with E-state index in [4.69, 9.17) is 4.74 Å². The molecule has 1 saturated heterocycles. The van der Waals surface area contributed by atoms with Crippen LogP contribution in [0.5, 0.6) is 11.6 Å². The van der Waals surface area contributed by atoms with Crippen LogP contribution in [0, 0.1) is 11.8 Å². The van der Waals surface area contributed by atoms with Crippen molar-refractivity contribution in [2.75, 3.05) is 13.1 Å². The molecule has 5 nitrogen and oxygen atoms in total. The molecule has 1 saturated carbocycles. The summed E-state index contributed by atoms with van der Waals surface area (Å²) in [6.07, 6.45) is 8.74. The van der Waals surface area contributed by atoms with Crippen LogP contribution in [-0.2, 0) is 0 Å². The van der Waals surface area contributed by atoms with E-state index < -0.39 is 0 Å². The molecule has 118 valence electrons. The van der Waals surface area contributed by atoms with Crippen LogP contribution < -0.4 is 4.74 Å². The minimum absolute atomic E-state index is 0.0198. The third-order valence-corrected chi connectivity index (χ3v) is 4.86. The van der Waals surface area contributed by atoms with E-state index in [9.17, 15) is 4.79 Å². The molecular formula is C18H19N3O2. The fourth-order valence-corrected chi connectivity index (χ4v) is 3.73. The van der Waals surface area contributed by atoms with Gasteiger partial charge in [-0.2, -0.15) is 0 Å². The van der Waals surface area contributed by atoms with Crippen molar-refractivity contribution < 1.29 is 9.53 Å². The van der Waals surface area contributed by atoms with Gasteiger partial charge in [0.25, 0.3) is 5.91 Å². The van der Waals surface area contributed by atoms with Gasteiger partial charge in [-0.05, 0) is 48.9 Å². The quantitative estimate of drug-likeness (QED) is 0.874. The smallest absolute Gasteiger partial charge is 0.259 e. The van der Waals surface area contributed by atoms with Crippen LogP contribution in [-0.4, -0.2) is 33.9 Å². The molecule has 2 aromatic heterocycles.